The minimum Gasteiger partial charge on any atom is -0.342 e. The Labute approximate surface area is 170 Å². The topological polar surface area (TPSA) is 77.0 Å². The van der Waals surface area contributed by atoms with Crippen LogP contribution in [0.3, 0.4) is 0 Å². The number of pyridine rings is 1. The number of halogens is 3. The van der Waals surface area contributed by atoms with Crippen LogP contribution >= 0.6 is 0 Å². The Morgan fingerprint density at radius 1 is 1.37 bits per heavy atom. The number of carbonyl (C=O) groups excluding carboxylic acids is 1. The molecule has 0 saturated carbocycles. The lowest BCUT2D eigenvalue weighted by Crippen LogP contribution is -2.39. The second-order valence-corrected chi connectivity index (χ2v) is 7.49. The first-order chi connectivity index (χ1) is 14.4. The second-order valence-electron chi connectivity index (χ2n) is 7.49. The summed E-state index contributed by atoms with van der Waals surface area (Å²) < 4.78 is 48.2. The maximum absolute atomic E-state index is 13.7. The molecule has 1 saturated heterocycles. The smallest absolute Gasteiger partial charge is 0.342 e. The average molecular weight is 421 g/mol. The number of likely N-dealkylation sites (tertiary alicyclic amines) is 1. The summed E-state index contributed by atoms with van der Waals surface area (Å²) in [6, 6.07) is 1.07. The number of fused-ring (bicyclic) bond motifs is 1. The molecule has 4 heterocycles. The van der Waals surface area contributed by atoms with Crippen LogP contribution in [0.2, 0.25) is 0 Å². The van der Waals surface area contributed by atoms with Crippen molar-refractivity contribution in [3.63, 3.8) is 0 Å². The SMILES string of the molecule is CCc1cc(C(F)(F)F)c2c(C3CCCN(C(=O)CCn4ccnc4)C3)noc2n1. The van der Waals surface area contributed by atoms with E-state index in [-0.39, 0.29) is 28.6 Å². The number of rotatable bonds is 5. The van der Waals surface area contributed by atoms with Gasteiger partial charge in [0.05, 0.1) is 23.0 Å². The summed E-state index contributed by atoms with van der Waals surface area (Å²) >= 11 is 0. The zero-order valence-electron chi connectivity index (χ0n) is 16.5. The molecule has 7 nitrogen and oxygen atoms in total. The molecule has 1 unspecified atom stereocenters. The maximum Gasteiger partial charge on any atom is 0.417 e. The molecule has 3 aromatic rings. The van der Waals surface area contributed by atoms with Gasteiger partial charge in [-0.2, -0.15) is 13.2 Å². The van der Waals surface area contributed by atoms with Crippen LogP contribution in [0.4, 0.5) is 13.2 Å². The Bertz CT molecular complexity index is 1030. The third-order valence-corrected chi connectivity index (χ3v) is 5.50. The number of hydrogen-bond donors (Lipinski definition) is 0. The molecule has 30 heavy (non-hydrogen) atoms. The van der Waals surface area contributed by atoms with Crippen LogP contribution in [0, 0.1) is 0 Å². The van der Waals surface area contributed by atoms with Crippen LogP contribution in [0.25, 0.3) is 11.1 Å². The fourth-order valence-corrected chi connectivity index (χ4v) is 3.94. The van der Waals surface area contributed by atoms with Crippen molar-refractivity contribution in [3.8, 4) is 0 Å². The molecule has 10 heteroatoms. The van der Waals surface area contributed by atoms with Gasteiger partial charge in [-0.1, -0.05) is 12.1 Å². The molecule has 0 radical (unpaired) electrons. The predicted molar refractivity (Wildman–Crippen MR) is 102 cm³/mol. The predicted octanol–water partition coefficient (Wildman–Crippen LogP) is 3.80. The van der Waals surface area contributed by atoms with Crippen molar-refractivity contribution in [2.45, 2.75) is 51.2 Å². The van der Waals surface area contributed by atoms with E-state index in [1.807, 2.05) is 4.57 Å². The van der Waals surface area contributed by atoms with E-state index in [0.29, 0.717) is 51.0 Å². The summed E-state index contributed by atoms with van der Waals surface area (Å²) in [5.41, 5.74) is -0.332. The maximum atomic E-state index is 13.7. The molecule has 1 amide bonds. The lowest BCUT2D eigenvalue weighted by atomic mass is 9.91. The van der Waals surface area contributed by atoms with Crippen molar-refractivity contribution in [1.82, 2.24) is 24.6 Å². The van der Waals surface area contributed by atoms with Gasteiger partial charge in [-0.3, -0.25) is 4.79 Å². The van der Waals surface area contributed by atoms with Crippen LogP contribution in [0.1, 0.15) is 49.1 Å². The zero-order valence-corrected chi connectivity index (χ0v) is 16.5. The van der Waals surface area contributed by atoms with Gasteiger partial charge in [-0.25, -0.2) is 9.97 Å². The minimum absolute atomic E-state index is 0.0383. The van der Waals surface area contributed by atoms with Gasteiger partial charge in [-0.15, -0.1) is 0 Å². The van der Waals surface area contributed by atoms with E-state index < -0.39 is 11.7 Å². The fourth-order valence-electron chi connectivity index (χ4n) is 3.94. The van der Waals surface area contributed by atoms with E-state index in [0.717, 1.165) is 6.07 Å². The Morgan fingerprint density at radius 2 is 2.20 bits per heavy atom. The monoisotopic (exact) mass is 421 g/mol. The summed E-state index contributed by atoms with van der Waals surface area (Å²) in [5.74, 6) is -0.365. The summed E-state index contributed by atoms with van der Waals surface area (Å²) in [6.07, 6.45) is 2.52. The summed E-state index contributed by atoms with van der Waals surface area (Å²) in [6.45, 7) is 3.14. The first-order valence-corrected chi connectivity index (χ1v) is 9.96. The highest BCUT2D eigenvalue weighted by molar-refractivity contribution is 5.82. The molecule has 1 aliphatic rings. The van der Waals surface area contributed by atoms with Crippen LogP contribution < -0.4 is 0 Å². The number of alkyl halides is 3. The molecule has 0 aliphatic carbocycles. The van der Waals surface area contributed by atoms with E-state index in [4.69, 9.17) is 4.52 Å². The van der Waals surface area contributed by atoms with Crippen molar-refractivity contribution in [2.24, 2.45) is 0 Å². The van der Waals surface area contributed by atoms with Crippen LogP contribution in [-0.4, -0.2) is 43.6 Å². The molecular weight excluding hydrogens is 399 g/mol. The largest absolute Gasteiger partial charge is 0.417 e. The number of carbonyl (C=O) groups is 1. The molecule has 3 aromatic heterocycles. The average Bonchev–Trinajstić information content (AvgIpc) is 3.40. The molecule has 0 aromatic carbocycles. The molecule has 0 N–H and O–H groups in total. The molecule has 4 rings (SSSR count). The van der Waals surface area contributed by atoms with Gasteiger partial charge in [0.15, 0.2) is 0 Å². The van der Waals surface area contributed by atoms with E-state index in [9.17, 15) is 18.0 Å². The number of imidazole rings is 1. The Balaban J connectivity index is 1.58. The fraction of sp³-hybridized carbons (Fsp3) is 0.500. The van der Waals surface area contributed by atoms with Gasteiger partial charge in [0.25, 0.3) is 5.71 Å². The molecule has 0 bridgehead atoms. The summed E-state index contributed by atoms with van der Waals surface area (Å²) in [4.78, 5) is 22.5. The van der Waals surface area contributed by atoms with Gasteiger partial charge >= 0.3 is 6.18 Å². The Hall–Kier alpha value is -2.91. The number of aryl methyl sites for hydroxylation is 2. The van der Waals surface area contributed by atoms with Gasteiger partial charge in [0.1, 0.15) is 0 Å². The van der Waals surface area contributed by atoms with E-state index in [1.54, 1.807) is 30.5 Å². The Kier molecular flexibility index (Phi) is 5.48. The summed E-state index contributed by atoms with van der Waals surface area (Å²) in [5, 5.41) is 3.88. The molecule has 160 valence electrons. The first-order valence-electron chi connectivity index (χ1n) is 9.96. The lowest BCUT2D eigenvalue weighted by molar-refractivity contribution is -0.136. The molecular formula is C20H22F3N5O2. The number of amides is 1. The number of hydrogen-bond acceptors (Lipinski definition) is 5. The Morgan fingerprint density at radius 3 is 2.90 bits per heavy atom. The first kappa shape index (κ1) is 20.4. The van der Waals surface area contributed by atoms with Gasteiger partial charge < -0.3 is 14.0 Å². The number of piperidine rings is 1. The highest BCUT2D eigenvalue weighted by Crippen LogP contribution is 2.40. The highest BCUT2D eigenvalue weighted by atomic mass is 19.4. The quantitative estimate of drug-likeness (QED) is 0.626. The third kappa shape index (κ3) is 4.03. The third-order valence-electron chi connectivity index (χ3n) is 5.50. The summed E-state index contributed by atoms with van der Waals surface area (Å²) in [7, 11) is 0. The normalized spacial score (nSPS) is 17.6. The van der Waals surface area contributed by atoms with Crippen molar-refractivity contribution in [2.75, 3.05) is 13.1 Å². The lowest BCUT2D eigenvalue weighted by Gasteiger charge is -2.32. The molecule has 1 fully saturated rings. The van der Waals surface area contributed by atoms with Crippen molar-refractivity contribution < 1.29 is 22.5 Å². The van der Waals surface area contributed by atoms with E-state index in [2.05, 4.69) is 15.1 Å². The van der Waals surface area contributed by atoms with Crippen LogP contribution in [0.5, 0.6) is 0 Å². The van der Waals surface area contributed by atoms with Crippen LogP contribution in [-0.2, 0) is 23.9 Å². The van der Waals surface area contributed by atoms with Gasteiger partial charge in [0.2, 0.25) is 5.91 Å². The van der Waals surface area contributed by atoms with Gasteiger partial charge in [0, 0.05) is 50.1 Å². The molecule has 1 atom stereocenters. The zero-order chi connectivity index (χ0) is 21.3. The molecule has 1 aliphatic heterocycles. The van der Waals surface area contributed by atoms with Crippen molar-refractivity contribution >= 4 is 17.0 Å². The highest BCUT2D eigenvalue weighted by Gasteiger charge is 2.38. The van der Waals surface area contributed by atoms with Crippen molar-refractivity contribution in [3.05, 3.63) is 41.7 Å². The number of aromatic nitrogens is 4. The second kappa shape index (κ2) is 8.08. The standard InChI is InChI=1S/C20H22F3N5O2/c1-2-14-10-15(20(21,22)23)17-18(26-30-19(17)25-14)13-4-3-7-28(11-13)16(29)5-8-27-9-6-24-12-27/h6,9-10,12-13H,2-5,7-8,11H2,1H3. The van der Waals surface area contributed by atoms with Crippen LogP contribution in [0.15, 0.2) is 29.3 Å². The van der Waals surface area contributed by atoms with E-state index in [1.165, 1.54) is 0 Å². The molecule has 0 spiro atoms. The van der Waals surface area contributed by atoms with E-state index >= 15 is 0 Å². The van der Waals surface area contributed by atoms with Crippen molar-refractivity contribution in [1.29, 1.82) is 0 Å². The van der Waals surface area contributed by atoms with Gasteiger partial charge in [-0.05, 0) is 25.3 Å². The minimum atomic E-state index is -4.54. The number of nitrogens with zero attached hydrogens (tertiary/aromatic N) is 5.